The quantitative estimate of drug-likeness (QED) is 0.508. The van der Waals surface area contributed by atoms with Gasteiger partial charge >= 0.3 is 5.97 Å². The summed E-state index contributed by atoms with van der Waals surface area (Å²) >= 11 is 0. The molecule has 3 nitrogen and oxygen atoms in total. The number of carbonyl (C=O) groups excluding carboxylic acids is 1. The number of hydrogen-bond acceptors (Lipinski definition) is 2. The smallest absolute Gasteiger partial charge is 0.338 e. The van der Waals surface area contributed by atoms with Gasteiger partial charge in [0.15, 0.2) is 18.9 Å². The lowest BCUT2D eigenvalue weighted by molar-refractivity contribution is -0.687. The van der Waals surface area contributed by atoms with Gasteiger partial charge in [0.2, 0.25) is 0 Å². The fourth-order valence-corrected chi connectivity index (χ4v) is 3.64. The van der Waals surface area contributed by atoms with Gasteiger partial charge in [0, 0.05) is 17.0 Å². The van der Waals surface area contributed by atoms with Crippen LogP contribution in [0, 0.1) is 0 Å². The predicted octanol–water partition coefficient (Wildman–Crippen LogP) is 4.67. The molecule has 0 radical (unpaired) electrons. The second-order valence-corrected chi connectivity index (χ2v) is 7.11. The van der Waals surface area contributed by atoms with Gasteiger partial charge in [-0.1, -0.05) is 36.8 Å². The zero-order valence-electron chi connectivity index (χ0n) is 14.9. The molecule has 0 bridgehead atoms. The van der Waals surface area contributed by atoms with Crippen LogP contribution in [0.5, 0.6) is 0 Å². The van der Waals surface area contributed by atoms with Crippen LogP contribution in [0.25, 0.3) is 10.8 Å². The molecule has 0 saturated heterocycles. The Morgan fingerprint density at radius 2 is 1.65 bits per heavy atom. The molecule has 0 amide bonds. The molecule has 26 heavy (non-hydrogen) atoms. The van der Waals surface area contributed by atoms with E-state index in [4.69, 9.17) is 4.74 Å². The van der Waals surface area contributed by atoms with Crippen molar-refractivity contribution in [3.05, 3.63) is 78.1 Å². The molecule has 3 heteroatoms. The van der Waals surface area contributed by atoms with E-state index in [0.717, 1.165) is 19.4 Å². The summed E-state index contributed by atoms with van der Waals surface area (Å²) in [6.07, 6.45) is 9.94. The fourth-order valence-electron chi connectivity index (χ4n) is 3.64. The van der Waals surface area contributed by atoms with Crippen molar-refractivity contribution >= 4 is 16.7 Å². The molecular formula is C23H24NO2+. The van der Waals surface area contributed by atoms with Crippen LogP contribution in [0.1, 0.15) is 48.0 Å². The summed E-state index contributed by atoms with van der Waals surface area (Å²) in [7, 11) is 0. The molecule has 2 aromatic carbocycles. The van der Waals surface area contributed by atoms with Gasteiger partial charge in [-0.25, -0.2) is 9.36 Å². The lowest BCUT2D eigenvalue weighted by Gasteiger charge is -2.21. The Bertz CT molecular complexity index is 895. The van der Waals surface area contributed by atoms with Crippen molar-refractivity contribution in [2.45, 2.75) is 44.8 Å². The van der Waals surface area contributed by atoms with E-state index < -0.39 is 0 Å². The average Bonchev–Trinajstić information content (AvgIpc) is 2.69. The Morgan fingerprint density at radius 3 is 2.42 bits per heavy atom. The van der Waals surface area contributed by atoms with Gasteiger partial charge in [-0.3, -0.25) is 0 Å². The molecule has 0 atom stereocenters. The van der Waals surface area contributed by atoms with E-state index in [-0.39, 0.29) is 12.1 Å². The van der Waals surface area contributed by atoms with Crippen LogP contribution in [0.15, 0.2) is 67.0 Å². The first-order valence-corrected chi connectivity index (χ1v) is 9.46. The maximum absolute atomic E-state index is 12.3. The number of ether oxygens (including phenoxy) is 1. The summed E-state index contributed by atoms with van der Waals surface area (Å²) in [5, 5.41) is 2.47. The summed E-state index contributed by atoms with van der Waals surface area (Å²) in [6, 6.07) is 18.3. The Balaban J connectivity index is 1.42. The molecule has 3 aromatic rings. The highest BCUT2D eigenvalue weighted by molar-refractivity contribution is 5.89. The van der Waals surface area contributed by atoms with Gasteiger partial charge in [-0.2, -0.15) is 0 Å². The zero-order valence-corrected chi connectivity index (χ0v) is 14.9. The van der Waals surface area contributed by atoms with E-state index in [1.165, 1.54) is 35.6 Å². The number of fused-ring (bicyclic) bond motifs is 1. The third-order valence-corrected chi connectivity index (χ3v) is 5.13. The van der Waals surface area contributed by atoms with Crippen LogP contribution in [0.3, 0.4) is 0 Å². The first kappa shape index (κ1) is 16.8. The molecule has 1 aromatic heterocycles. The third-order valence-electron chi connectivity index (χ3n) is 5.13. The molecule has 0 spiro atoms. The summed E-state index contributed by atoms with van der Waals surface area (Å²) in [4.78, 5) is 12.3. The van der Waals surface area contributed by atoms with Gasteiger partial charge in [0.25, 0.3) is 0 Å². The largest absolute Gasteiger partial charge is 0.459 e. The molecule has 0 N–H and O–H groups in total. The predicted molar refractivity (Wildman–Crippen MR) is 102 cm³/mol. The molecule has 0 aliphatic heterocycles. The topological polar surface area (TPSA) is 30.2 Å². The molecule has 1 aliphatic rings. The molecule has 1 fully saturated rings. The molecule has 0 unspecified atom stereocenters. The van der Waals surface area contributed by atoms with Gasteiger partial charge in [-0.05, 0) is 49.3 Å². The van der Waals surface area contributed by atoms with Crippen molar-refractivity contribution < 1.29 is 14.1 Å². The van der Waals surface area contributed by atoms with E-state index in [1.807, 2.05) is 24.3 Å². The number of benzene rings is 2. The van der Waals surface area contributed by atoms with Crippen LogP contribution in [0.2, 0.25) is 0 Å². The molecule has 1 heterocycles. The number of nitrogens with zero attached hydrogens (tertiary/aromatic N) is 1. The van der Waals surface area contributed by atoms with Crippen LogP contribution < -0.4 is 4.57 Å². The lowest BCUT2D eigenvalue weighted by atomic mass is 9.98. The van der Waals surface area contributed by atoms with E-state index >= 15 is 0 Å². The van der Waals surface area contributed by atoms with E-state index in [9.17, 15) is 4.79 Å². The highest BCUT2D eigenvalue weighted by Crippen LogP contribution is 2.21. The minimum atomic E-state index is -0.193. The van der Waals surface area contributed by atoms with E-state index in [0.29, 0.717) is 5.56 Å². The standard InChI is InChI=1S/C23H24NO2/c25-23(26-22-8-2-1-3-9-22)20-12-10-18(11-13-20)16-24-15-14-19-6-4-5-7-21(19)17-24/h4-7,10-15,17,22H,1-3,8-9,16H2/q+1. The SMILES string of the molecule is O=C(OC1CCCCC1)c1ccc(C[n+]2ccc3ccccc3c2)cc1. The van der Waals surface area contributed by atoms with Crippen molar-refractivity contribution in [3.63, 3.8) is 0 Å². The first-order chi connectivity index (χ1) is 12.8. The Morgan fingerprint density at radius 1 is 0.923 bits per heavy atom. The van der Waals surface area contributed by atoms with Crippen LogP contribution in [0.4, 0.5) is 0 Å². The minimum Gasteiger partial charge on any atom is -0.459 e. The number of carbonyl (C=O) groups is 1. The second-order valence-electron chi connectivity index (χ2n) is 7.11. The summed E-state index contributed by atoms with van der Waals surface area (Å²) in [5.41, 5.74) is 1.81. The summed E-state index contributed by atoms with van der Waals surface area (Å²) in [6.45, 7) is 0.781. The van der Waals surface area contributed by atoms with Gasteiger partial charge in [-0.15, -0.1) is 0 Å². The highest BCUT2D eigenvalue weighted by Gasteiger charge is 2.18. The van der Waals surface area contributed by atoms with Crippen molar-refractivity contribution in [2.24, 2.45) is 0 Å². The van der Waals surface area contributed by atoms with Crippen LogP contribution in [-0.4, -0.2) is 12.1 Å². The van der Waals surface area contributed by atoms with Crippen molar-refractivity contribution in [2.75, 3.05) is 0 Å². The first-order valence-electron chi connectivity index (χ1n) is 9.46. The Kier molecular flexibility index (Phi) is 4.96. The normalized spacial score (nSPS) is 15.1. The number of aromatic nitrogens is 1. The minimum absolute atomic E-state index is 0.101. The molecule has 4 rings (SSSR count). The Hall–Kier alpha value is -2.68. The van der Waals surface area contributed by atoms with Gasteiger partial charge < -0.3 is 4.74 Å². The number of rotatable bonds is 4. The maximum Gasteiger partial charge on any atom is 0.338 e. The molecule has 132 valence electrons. The van der Waals surface area contributed by atoms with Crippen LogP contribution >= 0.6 is 0 Å². The van der Waals surface area contributed by atoms with Crippen molar-refractivity contribution in [1.29, 1.82) is 0 Å². The van der Waals surface area contributed by atoms with E-state index in [2.05, 4.69) is 47.3 Å². The van der Waals surface area contributed by atoms with Crippen LogP contribution in [-0.2, 0) is 11.3 Å². The highest BCUT2D eigenvalue weighted by atomic mass is 16.5. The van der Waals surface area contributed by atoms with Crippen molar-refractivity contribution in [3.8, 4) is 0 Å². The average molecular weight is 346 g/mol. The fraction of sp³-hybridized carbons (Fsp3) is 0.304. The van der Waals surface area contributed by atoms with Crippen molar-refractivity contribution in [1.82, 2.24) is 0 Å². The summed E-state index contributed by atoms with van der Waals surface area (Å²) < 4.78 is 7.80. The van der Waals surface area contributed by atoms with E-state index in [1.54, 1.807) is 0 Å². The molecule has 1 aliphatic carbocycles. The Labute approximate surface area is 154 Å². The van der Waals surface area contributed by atoms with Gasteiger partial charge in [0.1, 0.15) is 6.10 Å². The maximum atomic E-state index is 12.3. The summed E-state index contributed by atoms with van der Waals surface area (Å²) in [5.74, 6) is -0.193. The third kappa shape index (κ3) is 3.93. The number of pyridine rings is 1. The number of esters is 1. The number of hydrogen-bond donors (Lipinski definition) is 0. The lowest BCUT2D eigenvalue weighted by Crippen LogP contribution is -2.33. The monoisotopic (exact) mass is 346 g/mol. The zero-order chi connectivity index (χ0) is 17.8. The molecule has 1 saturated carbocycles. The van der Waals surface area contributed by atoms with Gasteiger partial charge in [0.05, 0.1) is 5.56 Å². The molecular weight excluding hydrogens is 322 g/mol. The second kappa shape index (κ2) is 7.69.